The van der Waals surface area contributed by atoms with Crippen LogP contribution in [0.5, 0.6) is 5.75 Å². The van der Waals surface area contributed by atoms with E-state index in [0.29, 0.717) is 17.2 Å². The summed E-state index contributed by atoms with van der Waals surface area (Å²) in [6.45, 7) is 2.67. The number of ether oxygens (including phenoxy) is 1. The SMILES string of the molecule is CC1CNc2cc(S(=O)(=O)NC3CCCCCC3)ccc2O1. The second-order valence-electron chi connectivity index (χ2n) is 6.28. The van der Waals surface area contributed by atoms with Gasteiger partial charge in [-0.1, -0.05) is 25.7 Å². The molecule has 1 saturated carbocycles. The molecule has 1 fully saturated rings. The van der Waals surface area contributed by atoms with Gasteiger partial charge in [-0.2, -0.15) is 0 Å². The van der Waals surface area contributed by atoms with Crippen molar-refractivity contribution in [2.45, 2.75) is 62.5 Å². The summed E-state index contributed by atoms with van der Waals surface area (Å²) in [6, 6.07) is 5.09. The molecule has 1 aromatic rings. The number of nitrogens with one attached hydrogen (secondary N) is 2. The van der Waals surface area contributed by atoms with Crippen LogP contribution in [-0.4, -0.2) is 27.1 Å². The van der Waals surface area contributed by atoms with Crippen molar-refractivity contribution in [3.63, 3.8) is 0 Å². The molecular weight excluding hydrogens is 300 g/mol. The van der Waals surface area contributed by atoms with E-state index in [0.717, 1.165) is 31.4 Å². The van der Waals surface area contributed by atoms with Gasteiger partial charge in [-0.3, -0.25) is 0 Å². The number of hydrogen-bond acceptors (Lipinski definition) is 4. The maximum atomic E-state index is 12.6. The summed E-state index contributed by atoms with van der Waals surface area (Å²) < 4.78 is 33.7. The van der Waals surface area contributed by atoms with E-state index in [1.54, 1.807) is 18.2 Å². The largest absolute Gasteiger partial charge is 0.487 e. The molecule has 1 atom stereocenters. The Balaban J connectivity index is 1.77. The zero-order valence-corrected chi connectivity index (χ0v) is 13.8. The van der Waals surface area contributed by atoms with E-state index in [-0.39, 0.29) is 12.1 Å². The minimum absolute atomic E-state index is 0.0627. The first kappa shape index (κ1) is 15.6. The summed E-state index contributed by atoms with van der Waals surface area (Å²) in [6.07, 6.45) is 6.58. The van der Waals surface area contributed by atoms with Crippen LogP contribution >= 0.6 is 0 Å². The van der Waals surface area contributed by atoms with Gasteiger partial charge in [0.25, 0.3) is 0 Å². The van der Waals surface area contributed by atoms with Gasteiger partial charge < -0.3 is 10.1 Å². The van der Waals surface area contributed by atoms with Gasteiger partial charge in [0.2, 0.25) is 10.0 Å². The van der Waals surface area contributed by atoms with Crippen LogP contribution in [0.4, 0.5) is 5.69 Å². The molecule has 0 saturated heterocycles. The van der Waals surface area contributed by atoms with Gasteiger partial charge >= 0.3 is 0 Å². The number of anilines is 1. The predicted octanol–water partition coefficient (Wildman–Crippen LogP) is 2.88. The quantitative estimate of drug-likeness (QED) is 0.839. The molecule has 1 heterocycles. The van der Waals surface area contributed by atoms with Gasteiger partial charge in [-0.05, 0) is 38.0 Å². The number of hydrogen-bond donors (Lipinski definition) is 2. The first-order valence-corrected chi connectivity index (χ1v) is 9.60. The molecule has 0 amide bonds. The lowest BCUT2D eigenvalue weighted by atomic mass is 10.1. The molecule has 1 aliphatic heterocycles. The first-order valence-electron chi connectivity index (χ1n) is 8.11. The van der Waals surface area contributed by atoms with Crippen molar-refractivity contribution in [3.05, 3.63) is 18.2 Å². The van der Waals surface area contributed by atoms with Gasteiger partial charge in [0, 0.05) is 6.04 Å². The molecule has 0 bridgehead atoms. The zero-order chi connectivity index (χ0) is 15.6. The smallest absolute Gasteiger partial charge is 0.240 e. The molecule has 1 aliphatic carbocycles. The number of benzene rings is 1. The van der Waals surface area contributed by atoms with Gasteiger partial charge in [-0.25, -0.2) is 13.1 Å². The van der Waals surface area contributed by atoms with Crippen molar-refractivity contribution in [3.8, 4) is 5.75 Å². The third-order valence-corrected chi connectivity index (χ3v) is 5.86. The fourth-order valence-electron chi connectivity index (χ4n) is 3.11. The molecule has 1 unspecified atom stereocenters. The number of rotatable bonds is 3. The molecule has 1 aromatic carbocycles. The fourth-order valence-corrected chi connectivity index (χ4v) is 4.44. The number of sulfonamides is 1. The maximum absolute atomic E-state index is 12.6. The Kier molecular flexibility index (Phi) is 4.59. The molecular formula is C16H24N2O3S. The van der Waals surface area contributed by atoms with Crippen LogP contribution < -0.4 is 14.8 Å². The lowest BCUT2D eigenvalue weighted by molar-refractivity contribution is 0.226. The van der Waals surface area contributed by atoms with Gasteiger partial charge in [0.15, 0.2) is 0 Å². The Hall–Kier alpha value is -1.27. The summed E-state index contributed by atoms with van der Waals surface area (Å²) in [7, 11) is -3.47. The van der Waals surface area contributed by atoms with Crippen LogP contribution in [0.2, 0.25) is 0 Å². The van der Waals surface area contributed by atoms with Crippen LogP contribution in [0.15, 0.2) is 23.1 Å². The lowest BCUT2D eigenvalue weighted by Crippen LogP contribution is -2.34. The standard InChI is InChI=1S/C16H24N2O3S/c1-12-11-17-15-10-14(8-9-16(15)21-12)22(19,20)18-13-6-4-2-3-5-7-13/h8-10,12-13,17-18H,2-7,11H2,1H3. The van der Waals surface area contributed by atoms with E-state index in [1.807, 2.05) is 6.92 Å². The normalized spacial score (nSPS) is 23.0. The maximum Gasteiger partial charge on any atom is 0.240 e. The van der Waals surface area contributed by atoms with E-state index in [1.165, 1.54) is 12.8 Å². The van der Waals surface area contributed by atoms with Crippen molar-refractivity contribution < 1.29 is 13.2 Å². The average Bonchev–Trinajstić information content (AvgIpc) is 2.74. The van der Waals surface area contributed by atoms with Crippen molar-refractivity contribution in [1.82, 2.24) is 4.72 Å². The molecule has 2 N–H and O–H groups in total. The summed E-state index contributed by atoms with van der Waals surface area (Å²) in [5.74, 6) is 0.715. The van der Waals surface area contributed by atoms with Crippen molar-refractivity contribution in [2.24, 2.45) is 0 Å². The topological polar surface area (TPSA) is 67.4 Å². The Morgan fingerprint density at radius 1 is 1.18 bits per heavy atom. The minimum Gasteiger partial charge on any atom is -0.487 e. The van der Waals surface area contributed by atoms with Crippen LogP contribution in [0, 0.1) is 0 Å². The van der Waals surface area contributed by atoms with Crippen molar-refractivity contribution >= 4 is 15.7 Å². The van der Waals surface area contributed by atoms with Gasteiger partial charge in [-0.15, -0.1) is 0 Å². The summed E-state index contributed by atoms with van der Waals surface area (Å²) in [5, 5.41) is 3.22. The fraction of sp³-hybridized carbons (Fsp3) is 0.625. The van der Waals surface area contributed by atoms with E-state index < -0.39 is 10.0 Å². The van der Waals surface area contributed by atoms with Gasteiger partial charge in [0.1, 0.15) is 11.9 Å². The molecule has 2 aliphatic rings. The third kappa shape index (κ3) is 3.55. The highest BCUT2D eigenvalue weighted by atomic mass is 32.2. The summed E-state index contributed by atoms with van der Waals surface area (Å²) in [4.78, 5) is 0.307. The highest BCUT2D eigenvalue weighted by Gasteiger charge is 2.23. The minimum atomic E-state index is -3.47. The highest BCUT2D eigenvalue weighted by Crippen LogP contribution is 2.31. The molecule has 3 rings (SSSR count). The van der Waals surface area contributed by atoms with Crippen molar-refractivity contribution in [2.75, 3.05) is 11.9 Å². The third-order valence-electron chi connectivity index (χ3n) is 4.35. The predicted molar refractivity (Wildman–Crippen MR) is 86.8 cm³/mol. The monoisotopic (exact) mass is 324 g/mol. The highest BCUT2D eigenvalue weighted by molar-refractivity contribution is 7.89. The Labute approximate surface area is 132 Å². The molecule has 5 nitrogen and oxygen atoms in total. The summed E-state index contributed by atoms with van der Waals surface area (Å²) >= 11 is 0. The number of fused-ring (bicyclic) bond motifs is 1. The van der Waals surface area contributed by atoms with E-state index in [4.69, 9.17) is 4.74 Å². The Morgan fingerprint density at radius 3 is 2.64 bits per heavy atom. The average molecular weight is 324 g/mol. The molecule has 0 aromatic heterocycles. The molecule has 22 heavy (non-hydrogen) atoms. The zero-order valence-electron chi connectivity index (χ0n) is 13.0. The Morgan fingerprint density at radius 2 is 1.91 bits per heavy atom. The van der Waals surface area contributed by atoms with Crippen LogP contribution in [0.1, 0.15) is 45.4 Å². The van der Waals surface area contributed by atoms with E-state index in [2.05, 4.69) is 10.0 Å². The molecule has 122 valence electrons. The second kappa shape index (κ2) is 6.46. The van der Waals surface area contributed by atoms with Crippen LogP contribution in [-0.2, 0) is 10.0 Å². The van der Waals surface area contributed by atoms with E-state index >= 15 is 0 Å². The summed E-state index contributed by atoms with van der Waals surface area (Å²) in [5.41, 5.74) is 0.752. The van der Waals surface area contributed by atoms with Gasteiger partial charge in [0.05, 0.1) is 17.1 Å². The van der Waals surface area contributed by atoms with Crippen LogP contribution in [0.25, 0.3) is 0 Å². The molecule has 0 radical (unpaired) electrons. The van der Waals surface area contributed by atoms with Crippen molar-refractivity contribution in [1.29, 1.82) is 0 Å². The molecule has 6 heteroatoms. The van der Waals surface area contributed by atoms with E-state index in [9.17, 15) is 8.42 Å². The van der Waals surface area contributed by atoms with Crippen LogP contribution in [0.3, 0.4) is 0 Å². The first-order chi connectivity index (χ1) is 10.5. The second-order valence-corrected chi connectivity index (χ2v) is 7.99. The lowest BCUT2D eigenvalue weighted by Gasteiger charge is -2.25. The molecule has 0 spiro atoms. The Bertz CT molecular complexity index is 622.